The molecule has 2 aromatic carbocycles. The average molecular weight is 734 g/mol. The Balaban J connectivity index is 1.75. The largest absolute Gasteiger partial charge is 0.490 e. The van der Waals surface area contributed by atoms with Crippen molar-refractivity contribution in [2.75, 3.05) is 23.4 Å². The van der Waals surface area contributed by atoms with Crippen LogP contribution in [-0.2, 0) is 28.3 Å². The average Bonchev–Trinajstić information content (AvgIpc) is 3.04. The van der Waals surface area contributed by atoms with Gasteiger partial charge in [-0.15, -0.1) is 0 Å². The van der Waals surface area contributed by atoms with Crippen LogP contribution < -0.4 is 15.0 Å². The third kappa shape index (κ3) is 10.1. The van der Waals surface area contributed by atoms with Crippen molar-refractivity contribution in [3.63, 3.8) is 0 Å². The Morgan fingerprint density at radius 2 is 1.75 bits per heavy atom. The number of hydrogen-bond donors (Lipinski definition) is 2. The number of ether oxygens (including phenoxy) is 2. The topological polar surface area (TPSA) is 138 Å². The minimum absolute atomic E-state index is 0.0155. The molecule has 0 spiro atoms. The normalized spacial score (nSPS) is 16.2. The SMILES string of the molecule is CC[C@@H]1C[C@H](Nc2ncc(OCCCC(=O)O)c(Cc3cc(C#N)cc(C(F)(F)F)c3)n2)c2cc(C(F)(F)F)ccc2N1C(=O)OCC(F)(F)F. The molecule has 51 heavy (non-hydrogen) atoms. The van der Waals surface area contributed by atoms with Crippen LogP contribution in [0, 0.1) is 11.3 Å². The third-order valence-corrected chi connectivity index (χ3v) is 7.64. The van der Waals surface area contributed by atoms with E-state index in [4.69, 9.17) is 9.84 Å². The number of fused-ring (bicyclic) bond motifs is 1. The number of halogens is 9. The number of amides is 1. The number of rotatable bonds is 11. The van der Waals surface area contributed by atoms with Gasteiger partial charge in [-0.1, -0.05) is 6.92 Å². The molecule has 3 aromatic rings. The lowest BCUT2D eigenvalue weighted by Crippen LogP contribution is -2.46. The van der Waals surface area contributed by atoms with Crippen molar-refractivity contribution in [1.82, 2.24) is 9.97 Å². The molecule has 19 heteroatoms. The first kappa shape index (κ1) is 38.5. The van der Waals surface area contributed by atoms with Gasteiger partial charge in [-0.25, -0.2) is 14.8 Å². The Morgan fingerprint density at radius 1 is 1.04 bits per heavy atom. The lowest BCUT2D eigenvalue weighted by atomic mass is 9.89. The molecule has 4 rings (SSSR count). The lowest BCUT2D eigenvalue weighted by Gasteiger charge is -2.40. The van der Waals surface area contributed by atoms with Gasteiger partial charge in [0.15, 0.2) is 12.4 Å². The highest BCUT2D eigenvalue weighted by molar-refractivity contribution is 5.90. The van der Waals surface area contributed by atoms with E-state index in [9.17, 15) is 54.4 Å². The highest BCUT2D eigenvalue weighted by atomic mass is 19.4. The monoisotopic (exact) mass is 733 g/mol. The molecule has 1 aliphatic rings. The van der Waals surface area contributed by atoms with Crippen molar-refractivity contribution in [3.8, 4) is 11.8 Å². The fraction of sp³-hybridized carbons (Fsp3) is 0.406. The van der Waals surface area contributed by atoms with E-state index in [0.29, 0.717) is 12.1 Å². The zero-order valence-corrected chi connectivity index (χ0v) is 26.4. The van der Waals surface area contributed by atoms with Gasteiger partial charge < -0.3 is 19.9 Å². The quantitative estimate of drug-likeness (QED) is 0.148. The number of carbonyl (C=O) groups is 2. The number of alkyl halides is 9. The number of aliphatic carboxylic acids is 1. The molecular weight excluding hydrogens is 705 g/mol. The first-order chi connectivity index (χ1) is 23.8. The smallest absolute Gasteiger partial charge is 0.422 e. The number of benzene rings is 2. The minimum atomic E-state index is -4.87. The molecule has 0 bridgehead atoms. The van der Waals surface area contributed by atoms with Crippen molar-refractivity contribution in [3.05, 3.63) is 76.1 Å². The number of carboxylic acids is 1. The zero-order valence-electron chi connectivity index (χ0n) is 26.4. The number of nitrogens with one attached hydrogen (secondary N) is 1. The van der Waals surface area contributed by atoms with E-state index < -0.39 is 60.4 Å². The van der Waals surface area contributed by atoms with Gasteiger partial charge in [0.25, 0.3) is 0 Å². The molecule has 1 aromatic heterocycles. The van der Waals surface area contributed by atoms with Gasteiger partial charge in [0.2, 0.25) is 5.95 Å². The molecule has 2 heterocycles. The maximum absolute atomic E-state index is 13.8. The van der Waals surface area contributed by atoms with Crippen molar-refractivity contribution in [2.45, 2.75) is 69.6 Å². The number of anilines is 2. The van der Waals surface area contributed by atoms with E-state index in [1.807, 2.05) is 0 Å². The van der Waals surface area contributed by atoms with E-state index in [1.54, 1.807) is 13.0 Å². The van der Waals surface area contributed by atoms with Gasteiger partial charge in [0.1, 0.15) is 0 Å². The third-order valence-electron chi connectivity index (χ3n) is 7.64. The van der Waals surface area contributed by atoms with E-state index in [-0.39, 0.29) is 78.5 Å². The van der Waals surface area contributed by atoms with Crippen molar-refractivity contribution in [1.29, 1.82) is 5.26 Å². The summed E-state index contributed by atoms with van der Waals surface area (Å²) in [6.07, 6.45) is -15.4. The number of carboxylic acid groups (broad SMARTS) is 1. The molecule has 1 aliphatic heterocycles. The van der Waals surface area contributed by atoms with Crippen LogP contribution in [0.1, 0.15) is 72.2 Å². The van der Waals surface area contributed by atoms with Gasteiger partial charge in [0, 0.05) is 18.9 Å². The Morgan fingerprint density at radius 3 is 2.35 bits per heavy atom. The highest BCUT2D eigenvalue weighted by Crippen LogP contribution is 2.43. The number of nitriles is 1. The second-order valence-electron chi connectivity index (χ2n) is 11.4. The molecule has 10 nitrogen and oxygen atoms in total. The molecule has 0 unspecified atom stereocenters. The van der Waals surface area contributed by atoms with Crippen LogP contribution in [0.25, 0.3) is 0 Å². The molecule has 2 N–H and O–H groups in total. The van der Waals surface area contributed by atoms with Crippen LogP contribution >= 0.6 is 0 Å². The summed E-state index contributed by atoms with van der Waals surface area (Å²) in [5, 5.41) is 21.1. The molecule has 0 fully saturated rings. The van der Waals surface area contributed by atoms with Gasteiger partial charge in [-0.05, 0) is 66.8 Å². The second-order valence-corrected chi connectivity index (χ2v) is 11.4. The number of hydrogen-bond acceptors (Lipinski definition) is 8. The van der Waals surface area contributed by atoms with Gasteiger partial charge in [-0.2, -0.15) is 44.8 Å². The first-order valence-corrected chi connectivity index (χ1v) is 15.1. The second kappa shape index (κ2) is 15.3. The molecule has 0 saturated heterocycles. The molecule has 274 valence electrons. The summed E-state index contributed by atoms with van der Waals surface area (Å²) in [7, 11) is 0. The van der Waals surface area contributed by atoms with Gasteiger partial charge in [0.05, 0.1) is 53.0 Å². The van der Waals surface area contributed by atoms with Crippen molar-refractivity contribution < 1.29 is 63.7 Å². The molecule has 0 aliphatic carbocycles. The van der Waals surface area contributed by atoms with E-state index in [2.05, 4.69) is 20.0 Å². The van der Waals surface area contributed by atoms with Crippen LogP contribution in [0.4, 0.5) is 55.9 Å². The number of nitrogens with zero attached hydrogens (tertiary/aromatic N) is 4. The predicted molar refractivity (Wildman–Crippen MR) is 160 cm³/mol. The maximum atomic E-state index is 13.8. The number of aromatic nitrogens is 2. The summed E-state index contributed by atoms with van der Waals surface area (Å²) >= 11 is 0. The van der Waals surface area contributed by atoms with E-state index in [0.717, 1.165) is 29.3 Å². The molecule has 0 saturated carbocycles. The van der Waals surface area contributed by atoms with Gasteiger partial charge >= 0.3 is 30.6 Å². The van der Waals surface area contributed by atoms with Crippen LogP contribution in [0.5, 0.6) is 5.75 Å². The standard InChI is InChI=1S/C32H28F9N5O5/c1-2-21-13-23(22-12-19(31(36,37)38)5-6-25(22)46(21)29(49)51-16-30(33,34)35)44-28-43-15-26(50-7-3-4-27(47)48)24(45-28)11-17-8-18(14-42)10-20(9-17)32(39,40)41/h5-6,8-10,12,15,21,23H,2-4,7,11,13,16H2,1H3,(H,47,48)(H,43,44,45)/t21-,23+/m1/s1. The molecule has 0 radical (unpaired) electrons. The summed E-state index contributed by atoms with van der Waals surface area (Å²) in [6.45, 7) is -0.494. The summed E-state index contributed by atoms with van der Waals surface area (Å²) in [5.74, 6) is -1.41. The van der Waals surface area contributed by atoms with Crippen molar-refractivity contribution in [2.24, 2.45) is 0 Å². The molecule has 1 amide bonds. The summed E-state index contributed by atoms with van der Waals surface area (Å²) < 4.78 is 131. The Labute approximate surface area is 283 Å². The first-order valence-electron chi connectivity index (χ1n) is 15.1. The van der Waals surface area contributed by atoms with E-state index in [1.165, 1.54) is 6.07 Å². The fourth-order valence-electron chi connectivity index (χ4n) is 5.38. The summed E-state index contributed by atoms with van der Waals surface area (Å²) in [6, 6.07) is 4.65. The summed E-state index contributed by atoms with van der Waals surface area (Å²) in [5.41, 5.74) is -2.92. The minimum Gasteiger partial charge on any atom is -0.490 e. The van der Waals surface area contributed by atoms with Crippen LogP contribution in [0.3, 0.4) is 0 Å². The van der Waals surface area contributed by atoms with E-state index >= 15 is 0 Å². The van der Waals surface area contributed by atoms with Crippen LogP contribution in [-0.4, -0.2) is 52.6 Å². The lowest BCUT2D eigenvalue weighted by molar-refractivity contribution is -0.160. The predicted octanol–water partition coefficient (Wildman–Crippen LogP) is 8.06. The Bertz CT molecular complexity index is 1790. The zero-order chi connectivity index (χ0) is 37.7. The van der Waals surface area contributed by atoms with Crippen LogP contribution in [0.2, 0.25) is 0 Å². The van der Waals surface area contributed by atoms with Gasteiger partial charge in [-0.3, -0.25) is 9.69 Å². The maximum Gasteiger partial charge on any atom is 0.422 e. The van der Waals surface area contributed by atoms with Crippen LogP contribution in [0.15, 0.2) is 42.6 Å². The highest BCUT2D eigenvalue weighted by Gasteiger charge is 2.41. The van der Waals surface area contributed by atoms with Crippen molar-refractivity contribution >= 4 is 23.7 Å². The Hall–Kier alpha value is -5.28. The molecular formula is C32H28F9N5O5. The molecule has 2 atom stereocenters. The number of carbonyl (C=O) groups excluding carboxylic acids is 1. The Kier molecular flexibility index (Phi) is 11.6. The summed E-state index contributed by atoms with van der Waals surface area (Å²) in [4.78, 5) is 33.1. The fourth-order valence-corrected chi connectivity index (χ4v) is 5.38.